The Morgan fingerprint density at radius 3 is 2.79 bits per heavy atom. The quantitative estimate of drug-likeness (QED) is 0.450. The largest absolute Gasteiger partial charge is 0.356 e. The van der Waals surface area contributed by atoms with Crippen LogP contribution in [0.25, 0.3) is 0 Å². The topological polar surface area (TPSA) is 52.6 Å². The number of nitrogens with one attached hydrogen (secondary N) is 2. The molecule has 1 aromatic heterocycles. The smallest absolute Gasteiger partial charge is 0.191 e. The van der Waals surface area contributed by atoms with Gasteiger partial charge in [-0.1, -0.05) is 6.92 Å². The molecule has 0 saturated carbocycles. The molecule has 1 rings (SSSR count). The lowest BCUT2D eigenvalue weighted by Crippen LogP contribution is -2.38. The molecule has 19 heavy (non-hydrogen) atoms. The molecule has 0 saturated heterocycles. The third kappa shape index (κ3) is 6.54. The van der Waals surface area contributed by atoms with E-state index in [-0.39, 0.29) is 0 Å². The minimum Gasteiger partial charge on any atom is -0.356 e. The lowest BCUT2D eigenvalue weighted by Gasteiger charge is -2.12. The highest BCUT2D eigenvalue weighted by Crippen LogP contribution is 2.12. The molecule has 0 aliphatic heterocycles. The third-order valence-electron chi connectivity index (χ3n) is 2.66. The molecular weight excluding hydrogens is 258 g/mol. The molecule has 0 spiro atoms. The monoisotopic (exact) mass is 283 g/mol. The first-order valence-electron chi connectivity index (χ1n) is 6.68. The highest BCUT2D eigenvalue weighted by atomic mass is 32.1. The highest BCUT2D eigenvalue weighted by molar-refractivity contribution is 7.11. The second-order valence-corrected chi connectivity index (χ2v) is 5.78. The Morgan fingerprint density at radius 2 is 2.21 bits per heavy atom. The molecular formula is C13H25N5S. The zero-order chi connectivity index (χ0) is 14.1. The van der Waals surface area contributed by atoms with Crippen LogP contribution in [0.5, 0.6) is 0 Å². The number of rotatable bonds is 7. The first-order chi connectivity index (χ1) is 9.15. The third-order valence-corrected chi connectivity index (χ3v) is 3.80. The number of guanidine groups is 1. The van der Waals surface area contributed by atoms with Crippen LogP contribution in [-0.4, -0.2) is 50.1 Å². The molecule has 1 aromatic rings. The molecule has 0 amide bonds. The van der Waals surface area contributed by atoms with E-state index in [0.29, 0.717) is 0 Å². The number of aliphatic imine (C=N–C) groups is 1. The van der Waals surface area contributed by atoms with Crippen LogP contribution >= 0.6 is 11.3 Å². The van der Waals surface area contributed by atoms with E-state index in [1.54, 1.807) is 18.4 Å². The number of aryl methyl sites for hydroxylation is 1. The average Bonchev–Trinajstić information content (AvgIpc) is 2.85. The van der Waals surface area contributed by atoms with Crippen LogP contribution < -0.4 is 10.6 Å². The molecule has 0 aliphatic rings. The van der Waals surface area contributed by atoms with Crippen LogP contribution in [0.1, 0.15) is 23.2 Å². The van der Waals surface area contributed by atoms with Crippen LogP contribution in [0.15, 0.2) is 11.2 Å². The SMILES string of the molecule is CCc1cnc(CNC(=NC)NCCCN(C)C)s1. The predicted molar refractivity (Wildman–Crippen MR) is 82.9 cm³/mol. The highest BCUT2D eigenvalue weighted by Gasteiger charge is 2.02. The fourth-order valence-corrected chi connectivity index (χ4v) is 2.38. The van der Waals surface area contributed by atoms with Gasteiger partial charge >= 0.3 is 0 Å². The van der Waals surface area contributed by atoms with Crippen molar-refractivity contribution < 1.29 is 0 Å². The Hall–Kier alpha value is -1.14. The van der Waals surface area contributed by atoms with E-state index >= 15 is 0 Å². The Balaban J connectivity index is 2.25. The lowest BCUT2D eigenvalue weighted by atomic mass is 10.4. The van der Waals surface area contributed by atoms with Gasteiger partial charge in [-0.25, -0.2) is 4.98 Å². The lowest BCUT2D eigenvalue weighted by molar-refractivity contribution is 0.399. The number of hydrogen-bond donors (Lipinski definition) is 2. The van der Waals surface area contributed by atoms with Crippen molar-refractivity contribution in [2.24, 2.45) is 4.99 Å². The molecule has 108 valence electrons. The molecule has 0 aromatic carbocycles. The normalized spacial score (nSPS) is 11.9. The van der Waals surface area contributed by atoms with Crippen molar-refractivity contribution >= 4 is 17.3 Å². The van der Waals surface area contributed by atoms with Crippen molar-refractivity contribution in [3.63, 3.8) is 0 Å². The molecule has 2 N–H and O–H groups in total. The van der Waals surface area contributed by atoms with Crippen LogP contribution in [0.3, 0.4) is 0 Å². The van der Waals surface area contributed by atoms with Crippen molar-refractivity contribution in [2.75, 3.05) is 34.2 Å². The van der Waals surface area contributed by atoms with Crippen LogP contribution in [0.2, 0.25) is 0 Å². The molecule has 1 heterocycles. The van der Waals surface area contributed by atoms with E-state index in [2.05, 4.69) is 46.5 Å². The Morgan fingerprint density at radius 1 is 1.42 bits per heavy atom. The Bertz CT molecular complexity index is 386. The van der Waals surface area contributed by atoms with E-state index in [4.69, 9.17) is 0 Å². The Kier molecular flexibility index (Phi) is 7.43. The predicted octanol–water partition coefficient (Wildman–Crippen LogP) is 1.32. The number of nitrogens with zero attached hydrogens (tertiary/aromatic N) is 3. The van der Waals surface area contributed by atoms with Gasteiger partial charge in [0.2, 0.25) is 0 Å². The maximum atomic E-state index is 4.38. The van der Waals surface area contributed by atoms with Gasteiger partial charge < -0.3 is 15.5 Å². The first kappa shape index (κ1) is 15.9. The van der Waals surface area contributed by atoms with Gasteiger partial charge in [0.1, 0.15) is 5.01 Å². The van der Waals surface area contributed by atoms with Crippen LogP contribution in [0, 0.1) is 0 Å². The summed E-state index contributed by atoms with van der Waals surface area (Å²) < 4.78 is 0. The zero-order valence-electron chi connectivity index (χ0n) is 12.4. The summed E-state index contributed by atoms with van der Waals surface area (Å²) in [5.41, 5.74) is 0. The van der Waals surface area contributed by atoms with E-state index in [9.17, 15) is 0 Å². The van der Waals surface area contributed by atoms with Gasteiger partial charge in [-0.15, -0.1) is 11.3 Å². The van der Waals surface area contributed by atoms with Gasteiger partial charge in [0.15, 0.2) is 5.96 Å². The van der Waals surface area contributed by atoms with Crippen molar-refractivity contribution in [1.29, 1.82) is 0 Å². The van der Waals surface area contributed by atoms with Gasteiger partial charge in [0.25, 0.3) is 0 Å². The van der Waals surface area contributed by atoms with E-state index in [1.807, 2.05) is 6.20 Å². The van der Waals surface area contributed by atoms with Crippen molar-refractivity contribution in [3.8, 4) is 0 Å². The molecule has 5 nitrogen and oxygen atoms in total. The van der Waals surface area contributed by atoms with Gasteiger partial charge in [-0.3, -0.25) is 4.99 Å². The maximum Gasteiger partial charge on any atom is 0.191 e. The van der Waals surface area contributed by atoms with Crippen molar-refractivity contribution in [2.45, 2.75) is 26.3 Å². The number of thiazole rings is 1. The summed E-state index contributed by atoms with van der Waals surface area (Å²) in [6, 6.07) is 0. The Labute approximate surface area is 120 Å². The average molecular weight is 283 g/mol. The van der Waals surface area contributed by atoms with Crippen molar-refractivity contribution in [1.82, 2.24) is 20.5 Å². The van der Waals surface area contributed by atoms with Gasteiger partial charge in [-0.05, 0) is 33.5 Å². The summed E-state index contributed by atoms with van der Waals surface area (Å²) in [5.74, 6) is 0.840. The zero-order valence-corrected chi connectivity index (χ0v) is 13.2. The fourth-order valence-electron chi connectivity index (χ4n) is 1.58. The first-order valence-corrected chi connectivity index (χ1v) is 7.50. The molecule has 0 bridgehead atoms. The molecule has 0 radical (unpaired) electrons. The van der Waals surface area contributed by atoms with Gasteiger partial charge in [0, 0.05) is 24.7 Å². The molecule has 6 heteroatoms. The standard InChI is InChI=1S/C13H25N5S/c1-5-11-9-16-12(19-11)10-17-13(14-2)15-7-6-8-18(3)4/h9H,5-8,10H2,1-4H3,(H2,14,15,17). The second-order valence-electron chi connectivity index (χ2n) is 4.58. The minimum atomic E-state index is 0.734. The summed E-state index contributed by atoms with van der Waals surface area (Å²) in [4.78, 5) is 12.1. The summed E-state index contributed by atoms with van der Waals surface area (Å²) >= 11 is 1.75. The van der Waals surface area contributed by atoms with E-state index < -0.39 is 0 Å². The summed E-state index contributed by atoms with van der Waals surface area (Å²) in [7, 11) is 5.96. The molecule has 0 atom stereocenters. The molecule has 0 unspecified atom stereocenters. The molecule has 0 fully saturated rings. The summed E-state index contributed by atoms with van der Waals surface area (Å²) in [6.07, 6.45) is 4.11. The molecule has 0 aliphatic carbocycles. The van der Waals surface area contributed by atoms with Crippen LogP contribution in [0.4, 0.5) is 0 Å². The van der Waals surface area contributed by atoms with Crippen molar-refractivity contribution in [3.05, 3.63) is 16.1 Å². The summed E-state index contributed by atoms with van der Waals surface area (Å²) in [6.45, 7) is 4.89. The summed E-state index contributed by atoms with van der Waals surface area (Å²) in [5, 5.41) is 7.69. The minimum absolute atomic E-state index is 0.734. The number of hydrogen-bond acceptors (Lipinski definition) is 4. The maximum absolute atomic E-state index is 4.38. The van der Waals surface area contributed by atoms with Gasteiger partial charge in [0.05, 0.1) is 6.54 Å². The van der Waals surface area contributed by atoms with E-state index in [1.165, 1.54) is 4.88 Å². The van der Waals surface area contributed by atoms with Gasteiger partial charge in [-0.2, -0.15) is 0 Å². The fraction of sp³-hybridized carbons (Fsp3) is 0.692. The van der Waals surface area contributed by atoms with Crippen LogP contribution in [-0.2, 0) is 13.0 Å². The second kappa shape index (κ2) is 8.87. The number of aromatic nitrogens is 1. The van der Waals surface area contributed by atoms with E-state index in [0.717, 1.165) is 43.4 Å².